The van der Waals surface area contributed by atoms with E-state index in [2.05, 4.69) is 30.3 Å². The van der Waals surface area contributed by atoms with E-state index in [4.69, 9.17) is 16.3 Å². The first kappa shape index (κ1) is 10.5. The molecule has 2 aliphatic rings. The van der Waals surface area contributed by atoms with E-state index in [9.17, 15) is 0 Å². The van der Waals surface area contributed by atoms with Crippen LogP contribution >= 0.6 is 11.6 Å². The van der Waals surface area contributed by atoms with Crippen LogP contribution in [-0.4, -0.2) is 0 Å². The van der Waals surface area contributed by atoms with Crippen LogP contribution in [0.3, 0.4) is 0 Å². The van der Waals surface area contributed by atoms with Crippen molar-refractivity contribution < 1.29 is 4.74 Å². The number of benzene rings is 2. The summed E-state index contributed by atoms with van der Waals surface area (Å²) in [7, 11) is 0. The fraction of sp³-hybridized carbons (Fsp3) is 0.250. The third-order valence-corrected chi connectivity index (χ3v) is 4.29. The molecule has 1 aliphatic carbocycles. The molecule has 1 nitrogen and oxygen atoms in total. The summed E-state index contributed by atoms with van der Waals surface area (Å²) in [6, 6.07) is 12.9. The average Bonchev–Trinajstić information content (AvgIpc) is 2.74. The highest BCUT2D eigenvalue weighted by Gasteiger charge is 2.25. The van der Waals surface area contributed by atoms with E-state index in [1.807, 2.05) is 6.07 Å². The lowest BCUT2D eigenvalue weighted by atomic mass is 9.91. The maximum absolute atomic E-state index is 6.06. The zero-order valence-electron chi connectivity index (χ0n) is 9.95. The molecule has 2 aromatic carbocycles. The van der Waals surface area contributed by atoms with Gasteiger partial charge in [-0.25, -0.2) is 0 Å². The Morgan fingerprint density at radius 3 is 2.78 bits per heavy atom. The molecule has 0 N–H and O–H groups in total. The van der Waals surface area contributed by atoms with Crippen LogP contribution in [0.25, 0.3) is 0 Å². The lowest BCUT2D eigenvalue weighted by Crippen LogP contribution is -2.10. The van der Waals surface area contributed by atoms with Gasteiger partial charge < -0.3 is 4.74 Å². The fourth-order valence-corrected chi connectivity index (χ4v) is 3.27. The summed E-state index contributed by atoms with van der Waals surface area (Å²) < 4.78 is 5.36. The maximum atomic E-state index is 6.06. The van der Waals surface area contributed by atoms with Gasteiger partial charge in [0.25, 0.3) is 0 Å². The van der Waals surface area contributed by atoms with E-state index < -0.39 is 0 Å². The van der Waals surface area contributed by atoms with Gasteiger partial charge in [-0.3, -0.25) is 0 Å². The first-order valence-electron chi connectivity index (χ1n) is 6.35. The standard InChI is InChI=1S/C16H13ClO/c17-13-3-5-15-11(8-13)1-4-14(15)10-2-6-16-12(7-10)9-18-16/h2-3,5-8,14H,1,4,9H2. The molecule has 0 fully saturated rings. The van der Waals surface area contributed by atoms with Gasteiger partial charge in [-0.15, -0.1) is 0 Å². The van der Waals surface area contributed by atoms with Gasteiger partial charge in [0.2, 0.25) is 0 Å². The molecule has 1 aliphatic heterocycles. The Hall–Kier alpha value is -1.47. The highest BCUT2D eigenvalue weighted by atomic mass is 35.5. The number of fused-ring (bicyclic) bond motifs is 2. The molecular weight excluding hydrogens is 244 g/mol. The summed E-state index contributed by atoms with van der Waals surface area (Å²) in [6.07, 6.45) is 2.32. The first-order valence-corrected chi connectivity index (χ1v) is 6.73. The molecule has 0 saturated heterocycles. The van der Waals surface area contributed by atoms with Gasteiger partial charge in [-0.1, -0.05) is 23.7 Å². The van der Waals surface area contributed by atoms with Crippen LogP contribution in [0.1, 0.15) is 34.6 Å². The second kappa shape index (κ2) is 3.76. The third-order valence-electron chi connectivity index (χ3n) is 4.05. The fourth-order valence-electron chi connectivity index (χ4n) is 3.08. The van der Waals surface area contributed by atoms with Crippen molar-refractivity contribution in [1.29, 1.82) is 0 Å². The summed E-state index contributed by atoms with van der Waals surface area (Å²) in [5.41, 5.74) is 5.61. The van der Waals surface area contributed by atoms with E-state index in [1.165, 1.54) is 28.7 Å². The van der Waals surface area contributed by atoms with Crippen LogP contribution in [0.5, 0.6) is 5.75 Å². The van der Waals surface area contributed by atoms with Crippen LogP contribution in [0.2, 0.25) is 5.02 Å². The molecule has 90 valence electrons. The Bertz CT molecular complexity index is 633. The second-order valence-electron chi connectivity index (χ2n) is 5.09. The van der Waals surface area contributed by atoms with Crippen molar-refractivity contribution >= 4 is 11.6 Å². The van der Waals surface area contributed by atoms with Gasteiger partial charge in [-0.2, -0.15) is 0 Å². The third kappa shape index (κ3) is 1.47. The van der Waals surface area contributed by atoms with Crippen LogP contribution < -0.4 is 4.74 Å². The number of halogens is 1. The Balaban J connectivity index is 1.77. The summed E-state index contributed by atoms with van der Waals surface area (Å²) >= 11 is 6.06. The van der Waals surface area contributed by atoms with Crippen LogP contribution in [0.15, 0.2) is 36.4 Å². The average molecular weight is 257 g/mol. The molecule has 18 heavy (non-hydrogen) atoms. The first-order chi connectivity index (χ1) is 8.81. The summed E-state index contributed by atoms with van der Waals surface area (Å²) in [5.74, 6) is 1.58. The summed E-state index contributed by atoms with van der Waals surface area (Å²) in [6.45, 7) is 0.767. The van der Waals surface area contributed by atoms with Crippen molar-refractivity contribution in [3.8, 4) is 5.75 Å². The van der Waals surface area contributed by atoms with E-state index in [1.54, 1.807) is 0 Å². The Morgan fingerprint density at radius 1 is 1.06 bits per heavy atom. The van der Waals surface area contributed by atoms with Crippen molar-refractivity contribution in [2.75, 3.05) is 0 Å². The molecule has 0 bridgehead atoms. The topological polar surface area (TPSA) is 9.23 Å². The Morgan fingerprint density at radius 2 is 2.00 bits per heavy atom. The van der Waals surface area contributed by atoms with Crippen LogP contribution in [0, 0.1) is 0 Å². The van der Waals surface area contributed by atoms with Gasteiger partial charge in [0, 0.05) is 16.5 Å². The summed E-state index contributed by atoms with van der Waals surface area (Å²) in [5, 5.41) is 0.847. The minimum atomic E-state index is 0.531. The van der Waals surface area contributed by atoms with Gasteiger partial charge in [0.15, 0.2) is 0 Å². The largest absolute Gasteiger partial charge is 0.488 e. The molecule has 4 rings (SSSR count). The summed E-state index contributed by atoms with van der Waals surface area (Å²) in [4.78, 5) is 0. The molecule has 2 heteroatoms. The van der Waals surface area contributed by atoms with E-state index in [0.717, 1.165) is 23.8 Å². The predicted molar refractivity (Wildman–Crippen MR) is 72.4 cm³/mol. The quantitative estimate of drug-likeness (QED) is 0.739. The molecular formula is C16H13ClO. The van der Waals surface area contributed by atoms with E-state index in [-0.39, 0.29) is 0 Å². The smallest absolute Gasteiger partial charge is 0.126 e. The van der Waals surface area contributed by atoms with E-state index in [0.29, 0.717) is 5.92 Å². The Labute approximate surface area is 111 Å². The molecule has 0 saturated carbocycles. The Kier molecular flexibility index (Phi) is 2.18. The number of aryl methyl sites for hydroxylation is 1. The zero-order valence-corrected chi connectivity index (χ0v) is 10.7. The number of hydrogen-bond acceptors (Lipinski definition) is 1. The molecule has 2 aromatic rings. The van der Waals surface area contributed by atoms with Gasteiger partial charge >= 0.3 is 0 Å². The van der Waals surface area contributed by atoms with E-state index >= 15 is 0 Å². The lowest BCUT2D eigenvalue weighted by molar-refractivity contribution is 0.243. The number of ether oxygens (including phenoxy) is 1. The minimum absolute atomic E-state index is 0.531. The van der Waals surface area contributed by atoms with Crippen molar-refractivity contribution in [1.82, 2.24) is 0 Å². The molecule has 0 amide bonds. The highest BCUT2D eigenvalue weighted by molar-refractivity contribution is 6.30. The monoisotopic (exact) mass is 256 g/mol. The van der Waals surface area contributed by atoms with Gasteiger partial charge in [0.1, 0.15) is 12.4 Å². The molecule has 0 spiro atoms. The van der Waals surface area contributed by atoms with Crippen molar-refractivity contribution in [3.05, 3.63) is 63.7 Å². The van der Waals surface area contributed by atoms with Crippen LogP contribution in [0.4, 0.5) is 0 Å². The van der Waals surface area contributed by atoms with Crippen molar-refractivity contribution in [2.24, 2.45) is 0 Å². The molecule has 1 heterocycles. The van der Waals surface area contributed by atoms with Crippen molar-refractivity contribution in [2.45, 2.75) is 25.4 Å². The number of hydrogen-bond donors (Lipinski definition) is 0. The molecule has 1 unspecified atom stereocenters. The number of rotatable bonds is 1. The molecule has 0 radical (unpaired) electrons. The SMILES string of the molecule is Clc1ccc2c(c1)CCC2c1ccc2c(c1)CO2. The maximum Gasteiger partial charge on any atom is 0.126 e. The van der Waals surface area contributed by atoms with Gasteiger partial charge in [0.05, 0.1) is 0 Å². The normalized spacial score (nSPS) is 19.7. The zero-order chi connectivity index (χ0) is 12.1. The predicted octanol–water partition coefficient (Wildman–Crippen LogP) is 4.31. The highest BCUT2D eigenvalue weighted by Crippen LogP contribution is 2.41. The molecule has 0 aromatic heterocycles. The van der Waals surface area contributed by atoms with Gasteiger partial charge in [-0.05, 0) is 53.8 Å². The van der Waals surface area contributed by atoms with Crippen LogP contribution in [-0.2, 0) is 13.0 Å². The minimum Gasteiger partial charge on any atom is -0.488 e. The second-order valence-corrected chi connectivity index (χ2v) is 5.53. The van der Waals surface area contributed by atoms with Crippen molar-refractivity contribution in [3.63, 3.8) is 0 Å². The lowest BCUT2D eigenvalue weighted by Gasteiger charge is -2.22. The molecule has 1 atom stereocenters.